The van der Waals surface area contributed by atoms with E-state index in [9.17, 15) is 0 Å². The van der Waals surface area contributed by atoms with Gasteiger partial charge in [0.15, 0.2) is 0 Å². The molecule has 1 N–H and O–H groups in total. The van der Waals surface area contributed by atoms with Crippen LogP contribution in [0.4, 0.5) is 0 Å². The fourth-order valence-electron chi connectivity index (χ4n) is 2.82. The summed E-state index contributed by atoms with van der Waals surface area (Å²) in [6, 6.07) is 8.52. The van der Waals surface area contributed by atoms with Crippen LogP contribution in [0.1, 0.15) is 44.6 Å². The monoisotopic (exact) mass is 291 g/mol. The number of piperidine rings is 1. The number of benzene rings is 1. The van der Waals surface area contributed by atoms with Crippen molar-refractivity contribution >= 4 is 0 Å². The van der Waals surface area contributed by atoms with Crippen molar-refractivity contribution < 1.29 is 9.84 Å². The second-order valence-electron chi connectivity index (χ2n) is 6.10. The van der Waals surface area contributed by atoms with Crippen LogP contribution < -0.4 is 4.74 Å². The Morgan fingerprint density at radius 3 is 2.48 bits per heavy atom. The molecule has 1 saturated heterocycles. The average Bonchev–Trinajstić information content (AvgIpc) is 2.54. The van der Waals surface area contributed by atoms with E-state index >= 15 is 0 Å². The molecule has 0 aliphatic carbocycles. The third kappa shape index (κ3) is 5.68. The van der Waals surface area contributed by atoms with Gasteiger partial charge in [0, 0.05) is 13.2 Å². The first kappa shape index (κ1) is 16.3. The first-order chi connectivity index (χ1) is 10.3. The topological polar surface area (TPSA) is 32.7 Å². The van der Waals surface area contributed by atoms with Gasteiger partial charge in [0.2, 0.25) is 0 Å². The van der Waals surface area contributed by atoms with E-state index < -0.39 is 0 Å². The molecule has 0 radical (unpaired) electrons. The highest BCUT2D eigenvalue weighted by Gasteiger charge is 2.18. The fourth-order valence-corrected chi connectivity index (χ4v) is 2.82. The van der Waals surface area contributed by atoms with Gasteiger partial charge in [-0.15, -0.1) is 0 Å². The van der Waals surface area contributed by atoms with E-state index in [-0.39, 0.29) is 0 Å². The highest BCUT2D eigenvalue weighted by Crippen LogP contribution is 2.19. The molecule has 21 heavy (non-hydrogen) atoms. The molecule has 0 spiro atoms. The number of nitrogens with zero attached hydrogens (tertiary/aromatic N) is 1. The van der Waals surface area contributed by atoms with Gasteiger partial charge >= 0.3 is 0 Å². The minimum atomic E-state index is 0.345. The van der Waals surface area contributed by atoms with E-state index in [1.54, 1.807) is 0 Å². The minimum absolute atomic E-state index is 0.345. The lowest BCUT2D eigenvalue weighted by molar-refractivity contribution is 0.127. The summed E-state index contributed by atoms with van der Waals surface area (Å²) in [5.41, 5.74) is 1.35. The zero-order valence-corrected chi connectivity index (χ0v) is 13.3. The molecule has 1 heterocycles. The molecular formula is C18H29NO2. The Labute approximate surface area is 128 Å². The number of rotatable bonds is 8. The summed E-state index contributed by atoms with van der Waals surface area (Å²) in [4.78, 5) is 2.48. The highest BCUT2D eigenvalue weighted by molar-refractivity contribution is 5.27. The normalized spacial score (nSPS) is 17.0. The zero-order chi connectivity index (χ0) is 14.9. The summed E-state index contributed by atoms with van der Waals surface area (Å²) in [7, 11) is 0. The number of likely N-dealkylation sites (tertiary alicyclic amines) is 1. The Bertz CT molecular complexity index is 383. The number of ether oxygens (including phenoxy) is 1. The van der Waals surface area contributed by atoms with Crippen LogP contribution in [-0.4, -0.2) is 36.3 Å². The van der Waals surface area contributed by atoms with Crippen molar-refractivity contribution in [3.63, 3.8) is 0 Å². The van der Waals surface area contributed by atoms with E-state index in [1.165, 1.54) is 18.4 Å². The molecule has 0 saturated carbocycles. The molecule has 0 bridgehead atoms. The molecule has 0 aromatic heterocycles. The summed E-state index contributed by atoms with van der Waals surface area (Å²) in [5.74, 6) is 1.49. The van der Waals surface area contributed by atoms with Crippen molar-refractivity contribution in [2.75, 3.05) is 26.3 Å². The maximum absolute atomic E-state index is 9.17. The van der Waals surface area contributed by atoms with Gasteiger partial charge in [-0.1, -0.05) is 31.9 Å². The van der Waals surface area contributed by atoms with Crippen molar-refractivity contribution in [3.05, 3.63) is 29.8 Å². The molecule has 1 aromatic carbocycles. The van der Waals surface area contributed by atoms with E-state index in [1.807, 2.05) is 0 Å². The molecule has 1 fully saturated rings. The van der Waals surface area contributed by atoms with Crippen LogP contribution in [0.3, 0.4) is 0 Å². The fraction of sp³-hybridized carbons (Fsp3) is 0.667. The molecule has 3 heteroatoms. The van der Waals surface area contributed by atoms with Crippen molar-refractivity contribution in [1.82, 2.24) is 4.90 Å². The van der Waals surface area contributed by atoms with Gasteiger partial charge in [-0.25, -0.2) is 0 Å². The largest absolute Gasteiger partial charge is 0.494 e. The van der Waals surface area contributed by atoms with E-state index in [0.29, 0.717) is 12.5 Å². The molecule has 0 amide bonds. The molecular weight excluding hydrogens is 262 g/mol. The Kier molecular flexibility index (Phi) is 7.04. The zero-order valence-electron chi connectivity index (χ0n) is 13.3. The first-order valence-electron chi connectivity index (χ1n) is 8.36. The summed E-state index contributed by atoms with van der Waals surface area (Å²) >= 11 is 0. The van der Waals surface area contributed by atoms with Gasteiger partial charge in [-0.3, -0.25) is 4.90 Å². The van der Waals surface area contributed by atoms with Gasteiger partial charge in [-0.05, 0) is 56.0 Å². The van der Waals surface area contributed by atoms with Crippen LogP contribution in [0.2, 0.25) is 0 Å². The summed E-state index contributed by atoms with van der Waals surface area (Å²) < 4.78 is 5.74. The summed E-state index contributed by atoms with van der Waals surface area (Å²) in [6.07, 6.45) is 5.85. The minimum Gasteiger partial charge on any atom is -0.494 e. The lowest BCUT2D eigenvalue weighted by Gasteiger charge is -2.31. The predicted octanol–water partition coefficient (Wildman–Crippen LogP) is 3.46. The van der Waals surface area contributed by atoms with Crippen molar-refractivity contribution in [2.24, 2.45) is 5.92 Å². The van der Waals surface area contributed by atoms with E-state index in [0.717, 1.165) is 51.3 Å². The standard InChI is InChI=1S/C18H29NO2/c1-2-3-4-13-21-18-7-5-16(6-8-18)14-19-11-9-17(15-20)10-12-19/h5-8,17,20H,2-4,9-15H2,1H3. The average molecular weight is 291 g/mol. The van der Waals surface area contributed by atoms with Crippen LogP contribution in [0.25, 0.3) is 0 Å². The molecule has 0 atom stereocenters. The maximum Gasteiger partial charge on any atom is 0.119 e. The Morgan fingerprint density at radius 2 is 1.86 bits per heavy atom. The third-order valence-electron chi connectivity index (χ3n) is 4.31. The van der Waals surface area contributed by atoms with Gasteiger partial charge in [0.1, 0.15) is 5.75 Å². The quantitative estimate of drug-likeness (QED) is 0.745. The second-order valence-corrected chi connectivity index (χ2v) is 6.10. The smallest absolute Gasteiger partial charge is 0.119 e. The molecule has 1 aliphatic rings. The Balaban J connectivity index is 1.72. The molecule has 1 aliphatic heterocycles. The van der Waals surface area contributed by atoms with Gasteiger partial charge < -0.3 is 9.84 Å². The second kappa shape index (κ2) is 9.06. The number of unbranched alkanes of at least 4 members (excludes halogenated alkanes) is 2. The molecule has 118 valence electrons. The Hall–Kier alpha value is -1.06. The number of hydrogen-bond donors (Lipinski definition) is 1. The lowest BCUT2D eigenvalue weighted by Crippen LogP contribution is -2.34. The molecule has 0 unspecified atom stereocenters. The van der Waals surface area contributed by atoms with E-state index in [2.05, 4.69) is 36.1 Å². The maximum atomic E-state index is 9.17. The van der Waals surface area contributed by atoms with E-state index in [4.69, 9.17) is 9.84 Å². The van der Waals surface area contributed by atoms with Crippen molar-refractivity contribution in [2.45, 2.75) is 45.6 Å². The van der Waals surface area contributed by atoms with Crippen LogP contribution >= 0.6 is 0 Å². The van der Waals surface area contributed by atoms with Gasteiger partial charge in [-0.2, -0.15) is 0 Å². The molecule has 3 nitrogen and oxygen atoms in total. The van der Waals surface area contributed by atoms with Crippen LogP contribution in [0, 0.1) is 5.92 Å². The SMILES string of the molecule is CCCCCOc1ccc(CN2CCC(CO)CC2)cc1. The van der Waals surface area contributed by atoms with Crippen LogP contribution in [0.15, 0.2) is 24.3 Å². The van der Waals surface area contributed by atoms with Crippen LogP contribution in [-0.2, 0) is 6.54 Å². The Morgan fingerprint density at radius 1 is 1.14 bits per heavy atom. The van der Waals surface area contributed by atoms with Crippen molar-refractivity contribution in [3.8, 4) is 5.75 Å². The van der Waals surface area contributed by atoms with Crippen molar-refractivity contribution in [1.29, 1.82) is 0 Å². The third-order valence-corrected chi connectivity index (χ3v) is 4.31. The van der Waals surface area contributed by atoms with Crippen LogP contribution in [0.5, 0.6) is 5.75 Å². The number of hydrogen-bond acceptors (Lipinski definition) is 3. The predicted molar refractivity (Wildman–Crippen MR) is 86.5 cm³/mol. The summed E-state index contributed by atoms with van der Waals surface area (Å²) in [5, 5.41) is 9.17. The summed E-state index contributed by atoms with van der Waals surface area (Å²) in [6.45, 7) is 6.58. The number of aliphatic hydroxyl groups is 1. The molecule has 1 aromatic rings. The highest BCUT2D eigenvalue weighted by atomic mass is 16.5. The lowest BCUT2D eigenvalue weighted by atomic mass is 9.97. The molecule has 2 rings (SSSR count). The number of aliphatic hydroxyl groups excluding tert-OH is 1. The van der Waals surface area contributed by atoms with Gasteiger partial charge in [0.25, 0.3) is 0 Å². The van der Waals surface area contributed by atoms with Gasteiger partial charge in [0.05, 0.1) is 6.61 Å². The first-order valence-corrected chi connectivity index (χ1v) is 8.36.